The van der Waals surface area contributed by atoms with Crippen LogP contribution in [0.5, 0.6) is 0 Å². The minimum absolute atomic E-state index is 0.250. The first-order chi connectivity index (χ1) is 10.2. The SMILES string of the molecule is OC(CSc1cccc(F)c1)c1cccc2ccccc12. The molecular weight excluding hydrogens is 283 g/mol. The van der Waals surface area contributed by atoms with Crippen molar-refractivity contribution < 1.29 is 9.50 Å². The number of rotatable bonds is 4. The van der Waals surface area contributed by atoms with Crippen LogP contribution < -0.4 is 0 Å². The van der Waals surface area contributed by atoms with E-state index >= 15 is 0 Å². The molecule has 1 unspecified atom stereocenters. The van der Waals surface area contributed by atoms with Gasteiger partial charge in [-0.25, -0.2) is 4.39 Å². The zero-order valence-corrected chi connectivity index (χ0v) is 12.2. The first kappa shape index (κ1) is 14.1. The zero-order chi connectivity index (χ0) is 14.7. The fourth-order valence-electron chi connectivity index (χ4n) is 2.36. The van der Waals surface area contributed by atoms with Crippen molar-refractivity contribution in [2.24, 2.45) is 0 Å². The smallest absolute Gasteiger partial charge is 0.124 e. The van der Waals surface area contributed by atoms with Crippen LogP contribution >= 0.6 is 11.8 Å². The summed E-state index contributed by atoms with van der Waals surface area (Å²) in [6.45, 7) is 0. The number of hydrogen-bond donors (Lipinski definition) is 1. The van der Waals surface area contributed by atoms with Crippen LogP contribution in [0.15, 0.2) is 71.6 Å². The number of hydrogen-bond acceptors (Lipinski definition) is 2. The molecule has 3 aromatic rings. The van der Waals surface area contributed by atoms with Crippen LogP contribution in [-0.2, 0) is 0 Å². The molecule has 3 heteroatoms. The lowest BCUT2D eigenvalue weighted by molar-refractivity contribution is 0.205. The van der Waals surface area contributed by atoms with E-state index in [1.54, 1.807) is 6.07 Å². The van der Waals surface area contributed by atoms with Gasteiger partial charge in [0.25, 0.3) is 0 Å². The predicted molar refractivity (Wildman–Crippen MR) is 86.0 cm³/mol. The van der Waals surface area contributed by atoms with Crippen LogP contribution in [0.25, 0.3) is 10.8 Å². The van der Waals surface area contributed by atoms with Gasteiger partial charge < -0.3 is 5.11 Å². The van der Waals surface area contributed by atoms with Gasteiger partial charge in [-0.2, -0.15) is 0 Å². The molecule has 0 radical (unpaired) electrons. The third kappa shape index (κ3) is 3.26. The van der Waals surface area contributed by atoms with Crippen LogP contribution in [0.2, 0.25) is 0 Å². The third-order valence-electron chi connectivity index (χ3n) is 3.39. The van der Waals surface area contributed by atoms with Gasteiger partial charge in [-0.3, -0.25) is 0 Å². The third-order valence-corrected chi connectivity index (χ3v) is 4.46. The summed E-state index contributed by atoms with van der Waals surface area (Å²) in [5.41, 5.74) is 0.914. The minimum Gasteiger partial charge on any atom is -0.388 e. The van der Waals surface area contributed by atoms with Gasteiger partial charge >= 0.3 is 0 Å². The first-order valence-corrected chi connectivity index (χ1v) is 7.77. The van der Waals surface area contributed by atoms with Gasteiger partial charge in [0, 0.05) is 10.6 Å². The summed E-state index contributed by atoms with van der Waals surface area (Å²) >= 11 is 1.46. The average molecular weight is 298 g/mol. The minimum atomic E-state index is -0.579. The van der Waals surface area contributed by atoms with Crippen LogP contribution in [0.1, 0.15) is 11.7 Å². The van der Waals surface area contributed by atoms with E-state index in [2.05, 4.69) is 0 Å². The molecule has 0 heterocycles. The monoisotopic (exact) mass is 298 g/mol. The van der Waals surface area contributed by atoms with Crippen molar-refractivity contribution in [3.63, 3.8) is 0 Å². The molecule has 0 bridgehead atoms. The van der Waals surface area contributed by atoms with E-state index in [-0.39, 0.29) is 5.82 Å². The van der Waals surface area contributed by atoms with Crippen LogP contribution in [-0.4, -0.2) is 10.9 Å². The lowest BCUT2D eigenvalue weighted by Gasteiger charge is -2.13. The molecule has 0 amide bonds. The lowest BCUT2D eigenvalue weighted by atomic mass is 10.0. The Balaban J connectivity index is 1.79. The molecule has 0 fully saturated rings. The topological polar surface area (TPSA) is 20.2 Å². The summed E-state index contributed by atoms with van der Waals surface area (Å²) < 4.78 is 13.1. The van der Waals surface area contributed by atoms with Crippen molar-refractivity contribution in [2.45, 2.75) is 11.0 Å². The van der Waals surface area contributed by atoms with E-state index in [1.165, 1.54) is 23.9 Å². The molecule has 1 nitrogen and oxygen atoms in total. The van der Waals surface area contributed by atoms with Crippen molar-refractivity contribution >= 4 is 22.5 Å². The van der Waals surface area contributed by atoms with Crippen molar-refractivity contribution in [3.05, 3.63) is 78.1 Å². The number of halogens is 1. The number of aliphatic hydroxyl groups is 1. The van der Waals surface area contributed by atoms with Gasteiger partial charge in [-0.05, 0) is 34.5 Å². The van der Waals surface area contributed by atoms with Crippen molar-refractivity contribution in [3.8, 4) is 0 Å². The highest BCUT2D eigenvalue weighted by atomic mass is 32.2. The molecule has 0 aliphatic heterocycles. The number of thioether (sulfide) groups is 1. The molecule has 0 spiro atoms. The van der Waals surface area contributed by atoms with Crippen LogP contribution in [0.4, 0.5) is 4.39 Å². The molecule has 3 aromatic carbocycles. The quantitative estimate of drug-likeness (QED) is 0.698. The van der Waals surface area contributed by atoms with Gasteiger partial charge in [0.1, 0.15) is 5.82 Å². The fraction of sp³-hybridized carbons (Fsp3) is 0.111. The van der Waals surface area contributed by atoms with Gasteiger partial charge in [0.2, 0.25) is 0 Å². The van der Waals surface area contributed by atoms with Gasteiger partial charge in [0.05, 0.1) is 6.10 Å². The lowest BCUT2D eigenvalue weighted by Crippen LogP contribution is -2.01. The second kappa shape index (κ2) is 6.29. The molecule has 1 atom stereocenters. The Bertz CT molecular complexity index is 752. The first-order valence-electron chi connectivity index (χ1n) is 6.78. The maximum atomic E-state index is 13.1. The molecule has 3 rings (SSSR count). The molecule has 0 aliphatic rings. The molecule has 0 aromatic heterocycles. The van der Waals surface area contributed by atoms with E-state index in [9.17, 15) is 9.50 Å². The summed E-state index contributed by atoms with van der Waals surface area (Å²) in [7, 11) is 0. The second-order valence-corrected chi connectivity index (χ2v) is 5.95. The van der Waals surface area contributed by atoms with Crippen molar-refractivity contribution in [1.82, 2.24) is 0 Å². The summed E-state index contributed by atoms with van der Waals surface area (Å²) in [5, 5.41) is 12.6. The molecule has 1 N–H and O–H groups in total. The van der Waals surface area contributed by atoms with E-state index in [4.69, 9.17) is 0 Å². The zero-order valence-electron chi connectivity index (χ0n) is 11.4. The largest absolute Gasteiger partial charge is 0.388 e. The Morgan fingerprint density at radius 3 is 2.57 bits per heavy atom. The molecular formula is C18H15FOS. The number of aliphatic hydroxyl groups excluding tert-OH is 1. The van der Waals surface area contributed by atoms with E-state index < -0.39 is 6.10 Å². The Hall–Kier alpha value is -1.84. The van der Waals surface area contributed by atoms with Crippen molar-refractivity contribution in [1.29, 1.82) is 0 Å². The average Bonchev–Trinajstić information content (AvgIpc) is 2.52. The Labute approximate surface area is 127 Å². The molecule has 0 aliphatic carbocycles. The normalized spacial score (nSPS) is 12.5. The van der Waals surface area contributed by atoms with Gasteiger partial charge in [-0.1, -0.05) is 48.5 Å². The summed E-state index contributed by atoms with van der Waals surface area (Å²) in [6, 6.07) is 20.4. The highest BCUT2D eigenvalue weighted by Crippen LogP contribution is 2.29. The van der Waals surface area contributed by atoms with Crippen molar-refractivity contribution in [2.75, 3.05) is 5.75 Å². The van der Waals surface area contributed by atoms with Crippen LogP contribution in [0, 0.1) is 5.82 Å². The summed E-state index contributed by atoms with van der Waals surface area (Å²) in [6.07, 6.45) is -0.579. The number of fused-ring (bicyclic) bond motifs is 1. The maximum Gasteiger partial charge on any atom is 0.124 e. The second-order valence-electron chi connectivity index (χ2n) is 4.85. The maximum absolute atomic E-state index is 13.1. The standard InChI is InChI=1S/C18H15FOS/c19-14-7-4-8-15(11-14)21-12-18(20)17-10-3-6-13-5-1-2-9-16(13)17/h1-11,18,20H,12H2. The van der Waals surface area contributed by atoms with E-state index in [1.807, 2.05) is 48.5 Å². The highest BCUT2D eigenvalue weighted by Gasteiger charge is 2.11. The molecule has 106 valence electrons. The Kier molecular flexibility index (Phi) is 4.23. The summed E-state index contributed by atoms with van der Waals surface area (Å²) in [5.74, 6) is 0.247. The highest BCUT2D eigenvalue weighted by molar-refractivity contribution is 7.99. The van der Waals surface area contributed by atoms with Gasteiger partial charge in [0.15, 0.2) is 0 Å². The molecule has 0 saturated heterocycles. The molecule has 21 heavy (non-hydrogen) atoms. The van der Waals surface area contributed by atoms with Crippen LogP contribution in [0.3, 0.4) is 0 Å². The van der Waals surface area contributed by atoms with E-state index in [0.717, 1.165) is 21.2 Å². The predicted octanol–water partition coefficient (Wildman–Crippen LogP) is 4.80. The Morgan fingerprint density at radius 1 is 0.952 bits per heavy atom. The summed E-state index contributed by atoms with van der Waals surface area (Å²) in [4.78, 5) is 0.828. The van der Waals surface area contributed by atoms with E-state index in [0.29, 0.717) is 5.75 Å². The number of benzene rings is 3. The fourth-order valence-corrected chi connectivity index (χ4v) is 3.26. The van der Waals surface area contributed by atoms with Gasteiger partial charge in [-0.15, -0.1) is 11.8 Å². The Morgan fingerprint density at radius 2 is 1.71 bits per heavy atom. The molecule has 0 saturated carbocycles.